The third-order valence-electron chi connectivity index (χ3n) is 19.1. The maximum Gasteiger partial charge on any atom is 0.333 e. The highest BCUT2D eigenvalue weighted by atomic mass is 16.8. The van der Waals surface area contributed by atoms with E-state index >= 15 is 0 Å². The van der Waals surface area contributed by atoms with E-state index in [2.05, 4.69) is 13.0 Å². The fourth-order valence-corrected chi connectivity index (χ4v) is 14.8. The zero-order valence-electron chi connectivity index (χ0n) is 46.4. The van der Waals surface area contributed by atoms with Gasteiger partial charge in [-0.1, -0.05) is 31.6 Å². The molecule has 1 N–H and O–H groups in total. The van der Waals surface area contributed by atoms with E-state index in [-0.39, 0.29) is 59.5 Å². The molecule has 0 radical (unpaired) electrons. The summed E-state index contributed by atoms with van der Waals surface area (Å²) in [6, 6.07) is 0. The van der Waals surface area contributed by atoms with Crippen molar-refractivity contribution in [3.63, 3.8) is 0 Å². The van der Waals surface area contributed by atoms with Crippen LogP contribution in [0.15, 0.2) is 23.3 Å². The van der Waals surface area contributed by atoms with Crippen LogP contribution in [0.1, 0.15) is 140 Å². The second-order valence-corrected chi connectivity index (χ2v) is 23.1. The van der Waals surface area contributed by atoms with Crippen LogP contribution >= 0.6 is 0 Å². The number of methoxy groups -OCH3 is 4. The molecular weight excluding hydrogens is 961 g/mol. The van der Waals surface area contributed by atoms with Gasteiger partial charge in [-0.3, -0.25) is 9.59 Å². The molecule has 4 saturated heterocycles. The molecule has 0 aromatic carbocycles. The molecule has 8 aliphatic rings. The van der Waals surface area contributed by atoms with Gasteiger partial charge < -0.3 is 71.4 Å². The molecule has 4 aliphatic carbocycles. The van der Waals surface area contributed by atoms with Crippen molar-refractivity contribution in [1.82, 2.24) is 0 Å². The first-order chi connectivity index (χ1) is 35.1. The molecule has 420 valence electrons. The Morgan fingerprint density at radius 2 is 1.08 bits per heavy atom. The van der Waals surface area contributed by atoms with Crippen LogP contribution < -0.4 is 0 Å². The molecule has 18 heteroatoms. The number of carbonyl (C=O) groups is 3. The van der Waals surface area contributed by atoms with Gasteiger partial charge in [0.1, 0.15) is 36.3 Å². The van der Waals surface area contributed by atoms with Gasteiger partial charge in [0.05, 0.1) is 54.4 Å². The molecule has 2 unspecified atom stereocenters. The third kappa shape index (κ3) is 11.1. The largest absolute Gasteiger partial charge is 0.458 e. The molecule has 0 bridgehead atoms. The van der Waals surface area contributed by atoms with Gasteiger partial charge in [0.2, 0.25) is 0 Å². The van der Waals surface area contributed by atoms with Gasteiger partial charge in [-0.25, -0.2) is 4.79 Å². The summed E-state index contributed by atoms with van der Waals surface area (Å²) in [6.45, 7) is 18.5. The Kier molecular flexibility index (Phi) is 18.3. The number of allylic oxidation sites excluding steroid dienone is 2. The van der Waals surface area contributed by atoms with Crippen LogP contribution in [-0.2, 0) is 80.7 Å². The van der Waals surface area contributed by atoms with E-state index in [0.29, 0.717) is 56.9 Å². The average molecular weight is 1050 g/mol. The summed E-state index contributed by atoms with van der Waals surface area (Å²) in [5.74, 6) is -1.14. The van der Waals surface area contributed by atoms with E-state index in [0.717, 1.165) is 19.3 Å². The zero-order valence-corrected chi connectivity index (χ0v) is 46.4. The van der Waals surface area contributed by atoms with Crippen LogP contribution in [0.25, 0.3) is 0 Å². The average Bonchev–Trinajstić information content (AvgIpc) is 3.66. The minimum absolute atomic E-state index is 0.0396. The molecule has 3 saturated carbocycles. The topological polar surface area (TPSA) is 201 Å². The molecule has 0 amide bonds. The van der Waals surface area contributed by atoms with E-state index < -0.39 is 103 Å². The smallest absolute Gasteiger partial charge is 0.333 e. The number of ketones is 1. The minimum Gasteiger partial charge on any atom is -0.458 e. The molecule has 8 rings (SSSR count). The first kappa shape index (κ1) is 57.7. The lowest BCUT2D eigenvalue weighted by molar-refractivity contribution is -0.347. The van der Waals surface area contributed by atoms with E-state index in [9.17, 15) is 19.5 Å². The normalized spacial score (nSPS) is 47.6. The molecule has 18 nitrogen and oxygen atoms in total. The summed E-state index contributed by atoms with van der Waals surface area (Å²) in [4.78, 5) is 38.3. The number of esters is 2. The van der Waals surface area contributed by atoms with Crippen LogP contribution in [-0.4, -0.2) is 167 Å². The maximum absolute atomic E-state index is 13.4. The highest BCUT2D eigenvalue weighted by molar-refractivity contribution is 5.88. The van der Waals surface area contributed by atoms with Gasteiger partial charge in [-0.15, -0.1) is 0 Å². The van der Waals surface area contributed by atoms with E-state index in [1.807, 2.05) is 41.5 Å². The number of fused-ring (bicyclic) bond motifs is 5. The van der Waals surface area contributed by atoms with Crippen molar-refractivity contribution in [2.45, 2.75) is 256 Å². The quantitative estimate of drug-likeness (QED) is 0.0957. The molecule has 0 aromatic heterocycles. The Labute approximate surface area is 438 Å². The number of hydrogen-bond donors (Lipinski definition) is 1. The van der Waals surface area contributed by atoms with Crippen molar-refractivity contribution in [2.75, 3.05) is 28.4 Å². The fraction of sp³-hybridized carbons (Fsp3) is 0.875. The molecule has 24 atom stereocenters. The van der Waals surface area contributed by atoms with Crippen LogP contribution in [0.2, 0.25) is 0 Å². The monoisotopic (exact) mass is 1050 g/mol. The molecule has 74 heavy (non-hydrogen) atoms. The van der Waals surface area contributed by atoms with Gasteiger partial charge in [0.15, 0.2) is 31.3 Å². The van der Waals surface area contributed by atoms with Gasteiger partial charge in [0.25, 0.3) is 0 Å². The van der Waals surface area contributed by atoms with Gasteiger partial charge in [-0.05, 0) is 111 Å². The Balaban J connectivity index is 0.847. The highest BCUT2D eigenvalue weighted by Crippen LogP contribution is 2.68. The van der Waals surface area contributed by atoms with Crippen LogP contribution in [0.5, 0.6) is 0 Å². The van der Waals surface area contributed by atoms with Gasteiger partial charge >= 0.3 is 11.9 Å². The van der Waals surface area contributed by atoms with Crippen molar-refractivity contribution in [2.24, 2.45) is 28.6 Å². The third-order valence-corrected chi connectivity index (χ3v) is 19.1. The van der Waals surface area contributed by atoms with Crippen LogP contribution in [0.3, 0.4) is 0 Å². The SMILES string of the molecule is C/C=C(\C)C(=O)O[C@@H]1CC2C(CC=C3C[C@@H](O[C@@H]4C[C@H](OC)[C@H](O[C@H]5C[C@H](OC)[C@H](O[C@H]6C[C@H](OC)[C@H](O[C@H]7C[C@@H](OC)[C@H](OC(C)=O)[C@@H](C)O7)[C@@H](C)O6)[C@@H](C)O5)[C@@H](C)O4)CC[C@@]32C)[C@@]2(O)CC[C@H](C(C)=O)[C@@]12C. The summed E-state index contributed by atoms with van der Waals surface area (Å²) < 4.78 is 87.9. The summed E-state index contributed by atoms with van der Waals surface area (Å²) in [6.07, 6.45) is 2.12. The lowest BCUT2D eigenvalue weighted by atomic mass is 9.45. The van der Waals surface area contributed by atoms with Gasteiger partial charge in [-0.2, -0.15) is 0 Å². The zero-order chi connectivity index (χ0) is 53.6. The number of Topliss-reactive ketones (excluding diaryl/α,β-unsaturated/α-hetero) is 1. The van der Waals surface area contributed by atoms with Crippen molar-refractivity contribution in [1.29, 1.82) is 0 Å². The first-order valence-corrected chi connectivity index (χ1v) is 27.4. The number of rotatable bonds is 16. The second-order valence-electron chi connectivity index (χ2n) is 23.1. The maximum atomic E-state index is 13.4. The van der Waals surface area contributed by atoms with Crippen molar-refractivity contribution in [3.05, 3.63) is 23.3 Å². The molecule has 7 fully saturated rings. The number of aliphatic hydroxyl groups is 1. The highest BCUT2D eigenvalue weighted by Gasteiger charge is 2.71. The molecular formula is C56H88O18. The summed E-state index contributed by atoms with van der Waals surface area (Å²) in [5, 5.41) is 12.9. The predicted molar refractivity (Wildman–Crippen MR) is 266 cm³/mol. The predicted octanol–water partition coefficient (Wildman–Crippen LogP) is 6.83. The summed E-state index contributed by atoms with van der Waals surface area (Å²) >= 11 is 0. The number of ether oxygens (including phenoxy) is 14. The molecule has 4 aliphatic heterocycles. The first-order valence-electron chi connectivity index (χ1n) is 27.4. The number of hydrogen-bond acceptors (Lipinski definition) is 18. The van der Waals surface area contributed by atoms with E-state index in [1.165, 1.54) is 12.5 Å². The van der Waals surface area contributed by atoms with Crippen molar-refractivity contribution >= 4 is 17.7 Å². The molecule has 4 heterocycles. The Morgan fingerprint density at radius 3 is 1.53 bits per heavy atom. The fourth-order valence-electron chi connectivity index (χ4n) is 14.8. The summed E-state index contributed by atoms with van der Waals surface area (Å²) in [7, 11) is 6.56. The van der Waals surface area contributed by atoms with E-state index in [4.69, 9.17) is 66.3 Å². The van der Waals surface area contributed by atoms with Crippen molar-refractivity contribution < 1.29 is 85.8 Å². The second kappa shape index (κ2) is 23.5. The molecule has 0 spiro atoms. The number of carbonyl (C=O) groups excluding carboxylic acids is 3. The van der Waals surface area contributed by atoms with Crippen molar-refractivity contribution in [3.8, 4) is 0 Å². The Morgan fingerprint density at radius 1 is 0.622 bits per heavy atom. The Bertz CT molecular complexity index is 2030. The standard InChI is InChI=1S/C56H88O18/c1-15-28(2)53(59)71-44-23-39-38(56(60)21-19-37(29(3)57)55(44,56)10)17-16-35-22-36(18-20-54(35,39)9)70-45-24-41(62-12)50(31(5)65-45)73-47-26-43(64-14)52(33(7)67-47)74-48-27-42(63-13)51(32(6)68-48)72-46-25-40(61-11)49(30(4)66-46)69-34(8)58/h15-16,30-33,36-52,60H,17-27H2,1-14H3/b28-15+/t30-,31-,32-,33-,36+,37-,38?,39?,40-,41+,42+,43+,44-,45-,46+,47+,48+,49-,50-,51-,52-,54+,55+,56+/m1/s1. The van der Waals surface area contributed by atoms with Gasteiger partial charge in [0, 0.05) is 78.0 Å². The summed E-state index contributed by atoms with van der Waals surface area (Å²) in [5.41, 5.74) is -0.450. The van der Waals surface area contributed by atoms with E-state index in [1.54, 1.807) is 48.4 Å². The Hall–Kier alpha value is -2.43. The lowest BCUT2D eigenvalue weighted by Gasteiger charge is -2.63. The van der Waals surface area contributed by atoms with Crippen LogP contribution in [0.4, 0.5) is 0 Å². The molecule has 0 aromatic rings. The van der Waals surface area contributed by atoms with Crippen LogP contribution in [0, 0.1) is 28.6 Å². The lowest BCUT2D eigenvalue weighted by Crippen LogP contribution is -2.66. The minimum atomic E-state index is -1.15.